The summed E-state index contributed by atoms with van der Waals surface area (Å²) in [7, 11) is 4.22. The summed E-state index contributed by atoms with van der Waals surface area (Å²) in [5, 5.41) is 3.57. The summed E-state index contributed by atoms with van der Waals surface area (Å²) in [5.74, 6) is 0.441. The number of amides is 1. The molecule has 128 valence electrons. The second kappa shape index (κ2) is 8.55. The first-order chi connectivity index (χ1) is 11.0. The van der Waals surface area contributed by atoms with Crippen LogP contribution in [0.15, 0.2) is 24.3 Å². The van der Waals surface area contributed by atoms with Crippen molar-refractivity contribution < 1.29 is 9.53 Å². The van der Waals surface area contributed by atoms with E-state index in [0.29, 0.717) is 17.3 Å². The zero-order valence-corrected chi connectivity index (χ0v) is 14.9. The Morgan fingerprint density at radius 3 is 2.48 bits per heavy atom. The Balaban J connectivity index is 1.85. The van der Waals surface area contributed by atoms with Crippen LogP contribution in [0.1, 0.15) is 38.5 Å². The molecule has 0 aliphatic heterocycles. The van der Waals surface area contributed by atoms with Crippen molar-refractivity contribution in [3.05, 3.63) is 29.3 Å². The molecule has 1 aliphatic rings. The lowest BCUT2D eigenvalue weighted by atomic mass is 9.88. The van der Waals surface area contributed by atoms with Crippen molar-refractivity contribution in [2.45, 2.75) is 44.1 Å². The van der Waals surface area contributed by atoms with Crippen LogP contribution < -0.4 is 10.1 Å². The summed E-state index contributed by atoms with van der Waals surface area (Å²) in [6, 6.07) is 7.19. The fourth-order valence-corrected chi connectivity index (χ4v) is 3.38. The summed E-state index contributed by atoms with van der Waals surface area (Å²) in [5.41, 5.74) is 0.0660. The van der Waals surface area contributed by atoms with E-state index in [1.54, 1.807) is 12.1 Å². The topological polar surface area (TPSA) is 41.6 Å². The highest BCUT2D eigenvalue weighted by molar-refractivity contribution is 6.32. The third-order valence-electron chi connectivity index (χ3n) is 4.79. The monoisotopic (exact) mass is 338 g/mol. The van der Waals surface area contributed by atoms with E-state index in [4.69, 9.17) is 16.3 Å². The van der Waals surface area contributed by atoms with Gasteiger partial charge < -0.3 is 15.0 Å². The van der Waals surface area contributed by atoms with Crippen LogP contribution in [0.5, 0.6) is 5.75 Å². The second-order valence-electron chi connectivity index (χ2n) is 6.53. The summed E-state index contributed by atoms with van der Waals surface area (Å²) in [4.78, 5) is 14.4. The number of benzene rings is 1. The van der Waals surface area contributed by atoms with Gasteiger partial charge >= 0.3 is 0 Å². The number of likely N-dealkylation sites (N-methyl/N-ethyl adjacent to an activating group) is 1. The number of rotatable bonds is 6. The molecule has 0 aromatic heterocycles. The molecule has 1 N–H and O–H groups in total. The molecule has 0 atom stereocenters. The summed E-state index contributed by atoms with van der Waals surface area (Å²) in [6.45, 7) is 0.665. The van der Waals surface area contributed by atoms with Crippen molar-refractivity contribution >= 4 is 17.5 Å². The number of halogens is 1. The van der Waals surface area contributed by atoms with E-state index in [1.165, 1.54) is 25.7 Å². The quantitative estimate of drug-likeness (QED) is 0.807. The molecule has 1 aliphatic carbocycles. The number of hydrogen-bond acceptors (Lipinski definition) is 3. The molecule has 0 radical (unpaired) electrons. The van der Waals surface area contributed by atoms with Crippen molar-refractivity contribution in [3.8, 4) is 5.75 Å². The van der Waals surface area contributed by atoms with Gasteiger partial charge in [-0.15, -0.1) is 0 Å². The molecule has 0 heterocycles. The van der Waals surface area contributed by atoms with Gasteiger partial charge in [0.15, 0.2) is 6.61 Å². The molecular weight excluding hydrogens is 312 g/mol. The maximum atomic E-state index is 12.1. The van der Waals surface area contributed by atoms with Gasteiger partial charge in [-0.1, -0.05) is 49.4 Å². The fraction of sp³-hybridized carbons (Fsp3) is 0.611. The molecule has 1 aromatic rings. The fourth-order valence-electron chi connectivity index (χ4n) is 3.19. The maximum absolute atomic E-state index is 12.1. The first-order valence-electron chi connectivity index (χ1n) is 8.35. The summed E-state index contributed by atoms with van der Waals surface area (Å²) < 4.78 is 5.50. The van der Waals surface area contributed by atoms with E-state index in [0.717, 1.165) is 12.8 Å². The van der Waals surface area contributed by atoms with Crippen molar-refractivity contribution in [3.63, 3.8) is 0 Å². The Bertz CT molecular complexity index is 511. The molecule has 2 rings (SSSR count). The van der Waals surface area contributed by atoms with Crippen LogP contribution >= 0.6 is 11.6 Å². The number of nitrogens with one attached hydrogen (secondary N) is 1. The minimum absolute atomic E-state index is 0.00670. The average Bonchev–Trinajstić information content (AvgIpc) is 2.79. The van der Waals surface area contributed by atoms with Gasteiger partial charge in [0, 0.05) is 12.1 Å². The van der Waals surface area contributed by atoms with Gasteiger partial charge in [0.2, 0.25) is 0 Å². The normalized spacial score (nSPS) is 17.6. The van der Waals surface area contributed by atoms with E-state index in [-0.39, 0.29) is 18.1 Å². The first kappa shape index (κ1) is 18.1. The lowest BCUT2D eigenvalue weighted by molar-refractivity contribution is -0.123. The standard InChI is InChI=1S/C18H27ClN2O2/c1-21(2)18(11-7-3-4-8-12-18)14-20-17(22)13-23-16-10-6-5-9-15(16)19/h5-6,9-10H,3-4,7-8,11-14H2,1-2H3,(H,20,22). The summed E-state index contributed by atoms with van der Waals surface area (Å²) in [6.07, 6.45) is 7.30. The number of ether oxygens (including phenoxy) is 1. The molecule has 0 saturated heterocycles. The minimum atomic E-state index is -0.101. The molecule has 1 fully saturated rings. The van der Waals surface area contributed by atoms with E-state index in [1.807, 2.05) is 12.1 Å². The Morgan fingerprint density at radius 2 is 1.87 bits per heavy atom. The number of nitrogens with zero attached hydrogens (tertiary/aromatic N) is 1. The Hall–Kier alpha value is -1.26. The average molecular weight is 339 g/mol. The first-order valence-corrected chi connectivity index (χ1v) is 8.73. The third-order valence-corrected chi connectivity index (χ3v) is 5.11. The summed E-state index contributed by atoms with van der Waals surface area (Å²) >= 11 is 6.02. The van der Waals surface area contributed by atoms with Gasteiger partial charge in [-0.25, -0.2) is 0 Å². The molecule has 1 amide bonds. The highest BCUT2D eigenvalue weighted by Gasteiger charge is 2.33. The molecule has 23 heavy (non-hydrogen) atoms. The lowest BCUT2D eigenvalue weighted by Gasteiger charge is -2.39. The van der Waals surface area contributed by atoms with Crippen LogP contribution in [0.3, 0.4) is 0 Å². The zero-order valence-electron chi connectivity index (χ0n) is 14.1. The predicted molar refractivity (Wildman–Crippen MR) is 94.1 cm³/mol. The van der Waals surface area contributed by atoms with Crippen LogP contribution in [0.4, 0.5) is 0 Å². The smallest absolute Gasteiger partial charge is 0.258 e. The molecule has 0 unspecified atom stereocenters. The molecule has 1 saturated carbocycles. The Kier molecular flexibility index (Phi) is 6.72. The van der Waals surface area contributed by atoms with Crippen molar-refractivity contribution in [1.82, 2.24) is 10.2 Å². The van der Waals surface area contributed by atoms with E-state index >= 15 is 0 Å². The zero-order chi connectivity index (χ0) is 16.7. The number of carbonyl (C=O) groups is 1. The van der Waals surface area contributed by atoms with Gasteiger partial charge in [0.05, 0.1) is 5.02 Å². The van der Waals surface area contributed by atoms with Crippen LogP contribution in [0.25, 0.3) is 0 Å². The van der Waals surface area contributed by atoms with Crippen molar-refractivity contribution in [1.29, 1.82) is 0 Å². The van der Waals surface area contributed by atoms with Crippen LogP contribution in [-0.4, -0.2) is 43.6 Å². The predicted octanol–water partition coefficient (Wildman–Crippen LogP) is 3.49. The van der Waals surface area contributed by atoms with Crippen LogP contribution in [0.2, 0.25) is 5.02 Å². The van der Waals surface area contributed by atoms with Gasteiger partial charge in [-0.05, 0) is 39.1 Å². The van der Waals surface area contributed by atoms with Crippen LogP contribution in [-0.2, 0) is 4.79 Å². The Labute approximate surface area is 144 Å². The van der Waals surface area contributed by atoms with E-state index in [9.17, 15) is 4.79 Å². The highest BCUT2D eigenvalue weighted by atomic mass is 35.5. The van der Waals surface area contributed by atoms with Gasteiger partial charge in [-0.2, -0.15) is 0 Å². The van der Waals surface area contributed by atoms with Gasteiger partial charge in [-0.3, -0.25) is 4.79 Å². The van der Waals surface area contributed by atoms with Crippen molar-refractivity contribution in [2.24, 2.45) is 0 Å². The highest BCUT2D eigenvalue weighted by Crippen LogP contribution is 2.30. The van der Waals surface area contributed by atoms with Gasteiger partial charge in [0.25, 0.3) is 5.91 Å². The second-order valence-corrected chi connectivity index (χ2v) is 6.94. The molecule has 1 aromatic carbocycles. The molecule has 0 bridgehead atoms. The maximum Gasteiger partial charge on any atom is 0.258 e. The molecular formula is C18H27ClN2O2. The van der Waals surface area contributed by atoms with Gasteiger partial charge in [0.1, 0.15) is 5.75 Å². The van der Waals surface area contributed by atoms with Crippen LogP contribution in [0, 0.1) is 0 Å². The number of hydrogen-bond donors (Lipinski definition) is 1. The molecule has 0 spiro atoms. The van der Waals surface area contributed by atoms with E-state index in [2.05, 4.69) is 24.3 Å². The molecule has 5 heteroatoms. The minimum Gasteiger partial charge on any atom is -0.482 e. The third kappa shape index (κ3) is 5.11. The largest absolute Gasteiger partial charge is 0.482 e. The Morgan fingerprint density at radius 1 is 1.22 bits per heavy atom. The number of carbonyl (C=O) groups excluding carboxylic acids is 1. The lowest BCUT2D eigenvalue weighted by Crippen LogP contribution is -2.53. The molecule has 4 nitrogen and oxygen atoms in total. The van der Waals surface area contributed by atoms with Crippen molar-refractivity contribution in [2.75, 3.05) is 27.2 Å². The SMILES string of the molecule is CN(C)C1(CNC(=O)COc2ccccc2Cl)CCCCCC1. The number of para-hydroxylation sites is 1. The van der Waals surface area contributed by atoms with E-state index < -0.39 is 0 Å².